The number of alkyl carbamates (subject to hydrolysis) is 1. The van der Waals surface area contributed by atoms with Crippen LogP contribution < -0.4 is 15.4 Å². The lowest BCUT2D eigenvalue weighted by atomic mass is 9.47. The van der Waals surface area contributed by atoms with Gasteiger partial charge in [-0.05, 0) is 139 Å². The molecular weight excluding hydrogens is 967 g/mol. The van der Waals surface area contributed by atoms with Crippen LogP contribution in [0.2, 0.25) is 0 Å². The van der Waals surface area contributed by atoms with Gasteiger partial charge in [0.15, 0.2) is 0 Å². The highest BCUT2D eigenvalue weighted by Gasteiger charge is 2.59. The van der Waals surface area contributed by atoms with Gasteiger partial charge in [0.25, 0.3) is 0 Å². The standard InChI is InChI=1S/C65H91N3O9/c1-43(2)15-14-16-44(3)54-30-31-55-52-29-26-49-39-51(34-36-63(49,4)56(52)35-37-64(54,55)5)76-62(74)67-38-13-9-12-19-59(71)68-40-53(57(41-68)77-60(72)33-32-58(70)66-6)61(73)65(46-17-10-8-11-18-46,47-22-20-45(42-69)21-23-47)48-24-27-50(75-7)28-25-48/h8,10-11,17-18,20-28,43-44,51-57,61,69,73H,9,12-16,19,29-42H2,1-7H3,(H,66,70)(H,67,74)/t44?,51?,52?,53?,54-,55?,56?,57?,61?,63+,64-,65?/m1/s1. The third kappa shape index (κ3) is 12.6. The average Bonchev–Trinajstić information content (AvgIpc) is 4.11. The van der Waals surface area contributed by atoms with Gasteiger partial charge in [0.2, 0.25) is 11.8 Å². The number of rotatable bonds is 23. The molecule has 5 aliphatic rings. The van der Waals surface area contributed by atoms with Crippen LogP contribution in [0.15, 0.2) is 90.5 Å². The molecule has 420 valence electrons. The Morgan fingerprint density at radius 3 is 2.18 bits per heavy atom. The number of hydrogen-bond acceptors (Lipinski definition) is 9. The number of carbonyl (C=O) groups excluding carboxylic acids is 4. The molecule has 9 unspecified atom stereocenters. The fourth-order valence-electron chi connectivity index (χ4n) is 15.6. The van der Waals surface area contributed by atoms with Crippen molar-refractivity contribution >= 4 is 23.9 Å². The van der Waals surface area contributed by atoms with Crippen LogP contribution in [-0.2, 0) is 35.9 Å². The number of esters is 1. The minimum Gasteiger partial charge on any atom is -0.497 e. The molecule has 3 aromatic carbocycles. The number of unbranched alkanes of at least 4 members (excludes halogenated alkanes) is 2. The number of methoxy groups -OCH3 is 1. The fraction of sp³-hybridized carbons (Fsp3) is 0.631. The third-order valence-corrected chi connectivity index (χ3v) is 19.9. The van der Waals surface area contributed by atoms with Crippen LogP contribution >= 0.6 is 0 Å². The number of aliphatic hydroxyl groups is 2. The number of fused-ring (bicyclic) bond motifs is 5. The van der Waals surface area contributed by atoms with Gasteiger partial charge in [0, 0.05) is 45.3 Å². The molecule has 1 saturated heterocycles. The minimum atomic E-state index is -1.24. The number of aliphatic hydroxyl groups excluding tert-OH is 2. The summed E-state index contributed by atoms with van der Waals surface area (Å²) in [5, 5.41) is 28.7. The third-order valence-electron chi connectivity index (χ3n) is 19.9. The van der Waals surface area contributed by atoms with Crippen LogP contribution in [0.4, 0.5) is 4.79 Å². The first kappa shape index (κ1) is 58.0. The molecule has 0 aromatic heterocycles. The van der Waals surface area contributed by atoms with Gasteiger partial charge in [-0.3, -0.25) is 14.4 Å². The highest BCUT2D eigenvalue weighted by Crippen LogP contribution is 2.67. The topological polar surface area (TPSA) is 164 Å². The molecule has 0 spiro atoms. The molecule has 3 amide bonds. The number of nitrogens with one attached hydrogen (secondary N) is 2. The lowest BCUT2D eigenvalue weighted by Gasteiger charge is -2.58. The van der Waals surface area contributed by atoms with E-state index in [2.05, 4.69) is 51.3 Å². The van der Waals surface area contributed by atoms with Crippen molar-refractivity contribution in [2.24, 2.45) is 52.3 Å². The van der Waals surface area contributed by atoms with Gasteiger partial charge in [0.05, 0.1) is 38.2 Å². The Kier molecular flexibility index (Phi) is 19.4. The number of likely N-dealkylation sites (tertiary alicyclic amines) is 1. The minimum absolute atomic E-state index is 0.0561. The molecule has 4 fully saturated rings. The van der Waals surface area contributed by atoms with Crippen LogP contribution in [-0.4, -0.2) is 91.1 Å². The zero-order chi connectivity index (χ0) is 54.9. The van der Waals surface area contributed by atoms with Crippen LogP contribution in [0.1, 0.15) is 166 Å². The summed E-state index contributed by atoms with van der Waals surface area (Å²) in [6.07, 6.45) is 15.4. The molecule has 0 bridgehead atoms. The van der Waals surface area contributed by atoms with Gasteiger partial charge < -0.3 is 40.0 Å². The highest BCUT2D eigenvalue weighted by atomic mass is 16.6. The van der Waals surface area contributed by atoms with E-state index in [0.717, 1.165) is 65.5 Å². The molecule has 3 saturated carbocycles. The Morgan fingerprint density at radius 1 is 0.779 bits per heavy atom. The second-order valence-electron chi connectivity index (χ2n) is 24.7. The molecule has 8 rings (SSSR count). The Bertz CT molecular complexity index is 2430. The Morgan fingerprint density at radius 2 is 1.49 bits per heavy atom. The number of hydrogen-bond donors (Lipinski definition) is 4. The molecule has 1 heterocycles. The summed E-state index contributed by atoms with van der Waals surface area (Å²) in [7, 11) is 3.11. The number of nitrogens with zero attached hydrogens (tertiary/aromatic N) is 1. The summed E-state index contributed by atoms with van der Waals surface area (Å²) in [6, 6.07) is 24.7. The molecule has 12 nitrogen and oxygen atoms in total. The van der Waals surface area contributed by atoms with Gasteiger partial charge in [0.1, 0.15) is 18.0 Å². The van der Waals surface area contributed by atoms with E-state index < -0.39 is 29.5 Å². The van der Waals surface area contributed by atoms with Gasteiger partial charge in [-0.1, -0.05) is 139 Å². The Labute approximate surface area is 459 Å². The van der Waals surface area contributed by atoms with E-state index in [4.69, 9.17) is 14.2 Å². The largest absolute Gasteiger partial charge is 0.497 e. The van der Waals surface area contributed by atoms with Gasteiger partial charge in [-0.25, -0.2) is 4.79 Å². The molecule has 0 radical (unpaired) electrons. The van der Waals surface area contributed by atoms with E-state index in [-0.39, 0.29) is 68.4 Å². The van der Waals surface area contributed by atoms with Crippen molar-refractivity contribution in [1.82, 2.24) is 15.5 Å². The van der Waals surface area contributed by atoms with Gasteiger partial charge >= 0.3 is 12.1 Å². The van der Waals surface area contributed by atoms with E-state index >= 15 is 0 Å². The number of carbonyl (C=O) groups is 4. The van der Waals surface area contributed by atoms with Crippen LogP contribution in [0, 0.1) is 52.3 Å². The summed E-state index contributed by atoms with van der Waals surface area (Å²) in [5.74, 6) is 3.61. The van der Waals surface area contributed by atoms with Crippen molar-refractivity contribution in [3.05, 3.63) is 113 Å². The summed E-state index contributed by atoms with van der Waals surface area (Å²) in [5.41, 5.74) is 3.91. The maximum absolute atomic E-state index is 14.1. The monoisotopic (exact) mass is 1060 g/mol. The van der Waals surface area contributed by atoms with Crippen LogP contribution in [0.3, 0.4) is 0 Å². The molecule has 12 atom stereocenters. The first-order valence-electron chi connectivity index (χ1n) is 29.5. The lowest BCUT2D eigenvalue weighted by molar-refractivity contribution is -0.153. The number of ether oxygens (including phenoxy) is 3. The van der Waals surface area contributed by atoms with E-state index in [0.29, 0.717) is 48.5 Å². The molecule has 3 aromatic rings. The van der Waals surface area contributed by atoms with Crippen LogP contribution in [0.5, 0.6) is 5.75 Å². The average molecular weight is 1060 g/mol. The van der Waals surface area contributed by atoms with Crippen molar-refractivity contribution in [2.75, 3.05) is 33.8 Å². The second-order valence-corrected chi connectivity index (χ2v) is 24.7. The highest BCUT2D eigenvalue weighted by molar-refractivity contribution is 5.81. The van der Waals surface area contributed by atoms with E-state index in [1.54, 1.807) is 12.0 Å². The molecule has 77 heavy (non-hydrogen) atoms. The summed E-state index contributed by atoms with van der Waals surface area (Å²) < 4.78 is 17.8. The zero-order valence-corrected chi connectivity index (χ0v) is 47.4. The second kappa shape index (κ2) is 25.7. The van der Waals surface area contributed by atoms with Crippen molar-refractivity contribution in [2.45, 2.75) is 174 Å². The van der Waals surface area contributed by atoms with Crippen molar-refractivity contribution < 1.29 is 43.6 Å². The molecule has 1 aliphatic heterocycles. The van der Waals surface area contributed by atoms with E-state index in [1.165, 1.54) is 64.0 Å². The first-order valence-corrected chi connectivity index (χ1v) is 29.5. The summed E-state index contributed by atoms with van der Waals surface area (Å²) >= 11 is 0. The van der Waals surface area contributed by atoms with E-state index in [1.807, 2.05) is 78.9 Å². The fourth-order valence-corrected chi connectivity index (χ4v) is 15.6. The quantitative estimate of drug-likeness (QED) is 0.0313. The van der Waals surface area contributed by atoms with Crippen LogP contribution in [0.25, 0.3) is 0 Å². The molecule has 4 N–H and O–H groups in total. The van der Waals surface area contributed by atoms with Gasteiger partial charge in [-0.2, -0.15) is 0 Å². The molecular formula is C65H91N3O9. The van der Waals surface area contributed by atoms with Crippen molar-refractivity contribution in [1.29, 1.82) is 0 Å². The van der Waals surface area contributed by atoms with Crippen molar-refractivity contribution in [3.8, 4) is 5.75 Å². The van der Waals surface area contributed by atoms with E-state index in [9.17, 15) is 29.4 Å². The summed E-state index contributed by atoms with van der Waals surface area (Å²) in [6.45, 7) is 12.9. The summed E-state index contributed by atoms with van der Waals surface area (Å²) in [4.78, 5) is 54.6. The Balaban J connectivity index is 0.860. The normalized spacial score (nSPS) is 28.2. The number of amides is 3. The SMILES string of the molecule is CNC(=O)CCC(=O)OC1CN(C(=O)CCCCCNC(=O)OC2CC[C@@]3(C)C(=CCC4C3CC[C@@]3(C)C4CC[C@@H]3C(C)CCCC(C)C)C2)CC1C(O)C(c1ccccc1)(c1ccc(CO)cc1)c1ccc(OC)cc1. The molecule has 12 heteroatoms. The maximum atomic E-state index is 14.1. The predicted molar refractivity (Wildman–Crippen MR) is 301 cm³/mol. The molecule has 4 aliphatic carbocycles. The number of allylic oxidation sites excluding steroid dienone is 1. The number of benzene rings is 3. The first-order chi connectivity index (χ1) is 37.0. The van der Waals surface area contributed by atoms with Gasteiger partial charge in [-0.15, -0.1) is 0 Å². The zero-order valence-electron chi connectivity index (χ0n) is 47.4. The smallest absolute Gasteiger partial charge is 0.407 e. The predicted octanol–water partition coefficient (Wildman–Crippen LogP) is 11.5. The maximum Gasteiger partial charge on any atom is 0.407 e. The van der Waals surface area contributed by atoms with Crippen molar-refractivity contribution in [3.63, 3.8) is 0 Å². The Hall–Kier alpha value is -5.20. The lowest BCUT2D eigenvalue weighted by Crippen LogP contribution is -2.51.